The third kappa shape index (κ3) is 4.19. The van der Waals surface area contributed by atoms with Gasteiger partial charge in [0.05, 0.1) is 19.0 Å². The molecule has 1 heterocycles. The van der Waals surface area contributed by atoms with E-state index in [0.29, 0.717) is 11.3 Å². The van der Waals surface area contributed by atoms with Gasteiger partial charge in [0, 0.05) is 23.0 Å². The number of benzene rings is 3. The molecule has 1 aromatic heterocycles. The smallest absolute Gasteiger partial charge is 0.271 e. The van der Waals surface area contributed by atoms with Gasteiger partial charge in [0.15, 0.2) is 0 Å². The highest BCUT2D eigenvalue weighted by Gasteiger charge is 2.08. The third-order valence-electron chi connectivity index (χ3n) is 4.74. The lowest BCUT2D eigenvalue weighted by Gasteiger charge is -2.08. The lowest BCUT2D eigenvalue weighted by molar-refractivity contribution is 0.0955. The van der Waals surface area contributed by atoms with Crippen LogP contribution in [0.4, 0.5) is 0 Å². The van der Waals surface area contributed by atoms with Gasteiger partial charge in [-0.2, -0.15) is 5.10 Å². The van der Waals surface area contributed by atoms with Gasteiger partial charge in [0.2, 0.25) is 0 Å². The first kappa shape index (κ1) is 18.5. The Morgan fingerprint density at radius 1 is 1.00 bits per heavy atom. The van der Waals surface area contributed by atoms with E-state index in [1.165, 1.54) is 5.56 Å². The first-order valence-corrected chi connectivity index (χ1v) is 9.34. The number of aromatic nitrogens is 1. The fourth-order valence-corrected chi connectivity index (χ4v) is 3.25. The van der Waals surface area contributed by atoms with Gasteiger partial charge in [-0.05, 0) is 42.0 Å². The topological polar surface area (TPSA) is 55.6 Å². The van der Waals surface area contributed by atoms with Crippen LogP contribution in [-0.2, 0) is 6.54 Å². The molecule has 0 aliphatic heterocycles. The maximum absolute atomic E-state index is 12.3. The molecule has 0 fully saturated rings. The van der Waals surface area contributed by atoms with Crippen molar-refractivity contribution in [3.63, 3.8) is 0 Å². The molecule has 5 heteroatoms. The molecule has 5 nitrogen and oxygen atoms in total. The Morgan fingerprint density at radius 3 is 2.48 bits per heavy atom. The number of ether oxygens (including phenoxy) is 1. The van der Waals surface area contributed by atoms with Crippen molar-refractivity contribution in [3.05, 3.63) is 102 Å². The van der Waals surface area contributed by atoms with E-state index >= 15 is 0 Å². The van der Waals surface area contributed by atoms with Gasteiger partial charge in [-0.1, -0.05) is 48.5 Å². The summed E-state index contributed by atoms with van der Waals surface area (Å²) >= 11 is 0. The summed E-state index contributed by atoms with van der Waals surface area (Å²) in [4.78, 5) is 12.3. The maximum Gasteiger partial charge on any atom is 0.271 e. The molecule has 0 aliphatic carbocycles. The van der Waals surface area contributed by atoms with Crippen LogP contribution in [0.2, 0.25) is 0 Å². The van der Waals surface area contributed by atoms with E-state index in [1.54, 1.807) is 37.6 Å². The molecule has 0 aliphatic rings. The van der Waals surface area contributed by atoms with Crippen molar-refractivity contribution >= 4 is 23.0 Å². The number of hydrazone groups is 1. The fourth-order valence-electron chi connectivity index (χ4n) is 3.25. The molecule has 0 atom stereocenters. The quantitative estimate of drug-likeness (QED) is 0.395. The minimum absolute atomic E-state index is 0.269. The van der Waals surface area contributed by atoms with Crippen molar-refractivity contribution in [2.45, 2.75) is 6.54 Å². The van der Waals surface area contributed by atoms with Crippen molar-refractivity contribution in [2.24, 2.45) is 5.10 Å². The Hall–Kier alpha value is -3.86. The predicted octanol–water partition coefficient (Wildman–Crippen LogP) is 4.46. The van der Waals surface area contributed by atoms with Crippen LogP contribution in [0.1, 0.15) is 21.6 Å². The lowest BCUT2D eigenvalue weighted by atomic mass is 10.2. The van der Waals surface area contributed by atoms with E-state index in [2.05, 4.69) is 45.4 Å². The number of carbonyl (C=O) groups excluding carboxylic acids is 1. The van der Waals surface area contributed by atoms with Crippen LogP contribution < -0.4 is 10.2 Å². The summed E-state index contributed by atoms with van der Waals surface area (Å²) in [6.07, 6.45) is 1.68. The monoisotopic (exact) mass is 383 g/mol. The van der Waals surface area contributed by atoms with Crippen LogP contribution in [0.5, 0.6) is 5.75 Å². The minimum Gasteiger partial charge on any atom is -0.497 e. The Morgan fingerprint density at radius 2 is 1.72 bits per heavy atom. The molecule has 0 radical (unpaired) electrons. The number of hydrogen-bond acceptors (Lipinski definition) is 3. The van der Waals surface area contributed by atoms with E-state index < -0.39 is 0 Å². The number of rotatable bonds is 6. The zero-order valence-electron chi connectivity index (χ0n) is 16.1. The number of nitrogens with zero attached hydrogens (tertiary/aromatic N) is 2. The molecule has 144 valence electrons. The Kier molecular flexibility index (Phi) is 5.38. The summed E-state index contributed by atoms with van der Waals surface area (Å²) in [7, 11) is 1.59. The highest BCUT2D eigenvalue weighted by molar-refractivity contribution is 5.95. The number of nitrogens with one attached hydrogen (secondary N) is 1. The molecule has 0 spiro atoms. The van der Waals surface area contributed by atoms with Gasteiger partial charge in [0.1, 0.15) is 5.75 Å². The van der Waals surface area contributed by atoms with Crippen LogP contribution in [-0.4, -0.2) is 23.8 Å². The summed E-state index contributed by atoms with van der Waals surface area (Å²) in [6.45, 7) is 0.724. The molecular weight excluding hydrogens is 362 g/mol. The van der Waals surface area contributed by atoms with E-state index in [-0.39, 0.29) is 5.91 Å². The molecule has 0 saturated carbocycles. The van der Waals surface area contributed by atoms with E-state index in [1.807, 2.05) is 30.3 Å². The Balaban J connectivity index is 1.56. The van der Waals surface area contributed by atoms with Gasteiger partial charge in [-0.15, -0.1) is 0 Å². The molecule has 1 N–H and O–H groups in total. The average Bonchev–Trinajstić information content (AvgIpc) is 3.12. The predicted molar refractivity (Wildman–Crippen MR) is 116 cm³/mol. The Bertz CT molecular complexity index is 1150. The molecule has 0 saturated heterocycles. The number of amides is 1. The molecular formula is C24H21N3O2. The SMILES string of the molecule is COc1ccc(C(=O)N/N=C\c2cc3ccccc3n2Cc2ccccc2)cc1. The molecule has 3 aromatic carbocycles. The van der Waals surface area contributed by atoms with Crippen molar-refractivity contribution < 1.29 is 9.53 Å². The Labute approximate surface area is 169 Å². The number of hydrogen-bond donors (Lipinski definition) is 1. The molecule has 29 heavy (non-hydrogen) atoms. The van der Waals surface area contributed by atoms with Gasteiger partial charge >= 0.3 is 0 Å². The van der Waals surface area contributed by atoms with Gasteiger partial charge in [-0.3, -0.25) is 4.79 Å². The van der Waals surface area contributed by atoms with Crippen LogP contribution in [0, 0.1) is 0 Å². The minimum atomic E-state index is -0.269. The lowest BCUT2D eigenvalue weighted by Crippen LogP contribution is -2.17. The normalized spacial score (nSPS) is 11.1. The van der Waals surface area contributed by atoms with Crippen molar-refractivity contribution in [2.75, 3.05) is 7.11 Å². The molecule has 0 unspecified atom stereocenters. The summed E-state index contributed by atoms with van der Waals surface area (Å²) in [5, 5.41) is 5.31. The van der Waals surface area contributed by atoms with E-state index in [9.17, 15) is 4.79 Å². The van der Waals surface area contributed by atoms with Crippen LogP contribution in [0.15, 0.2) is 90.0 Å². The van der Waals surface area contributed by atoms with E-state index in [4.69, 9.17) is 4.74 Å². The molecule has 1 amide bonds. The second kappa shape index (κ2) is 8.44. The second-order valence-corrected chi connectivity index (χ2v) is 6.63. The number of para-hydroxylation sites is 1. The maximum atomic E-state index is 12.3. The zero-order valence-corrected chi connectivity index (χ0v) is 16.1. The fraction of sp³-hybridized carbons (Fsp3) is 0.0833. The van der Waals surface area contributed by atoms with Gasteiger partial charge in [0.25, 0.3) is 5.91 Å². The first-order valence-electron chi connectivity index (χ1n) is 9.34. The van der Waals surface area contributed by atoms with Crippen molar-refractivity contribution in [1.29, 1.82) is 0 Å². The van der Waals surface area contributed by atoms with Gasteiger partial charge in [-0.25, -0.2) is 5.43 Å². The molecule has 4 rings (SSSR count). The molecule has 0 bridgehead atoms. The standard InChI is InChI=1S/C24H21N3O2/c1-29-22-13-11-19(12-14-22)24(28)26-25-16-21-15-20-9-5-6-10-23(20)27(21)17-18-7-3-2-4-8-18/h2-16H,17H2,1H3,(H,26,28)/b25-16-. The van der Waals surface area contributed by atoms with Crippen LogP contribution >= 0.6 is 0 Å². The van der Waals surface area contributed by atoms with Crippen molar-refractivity contribution in [3.8, 4) is 5.75 Å². The van der Waals surface area contributed by atoms with E-state index in [0.717, 1.165) is 23.1 Å². The highest BCUT2D eigenvalue weighted by Crippen LogP contribution is 2.20. The summed E-state index contributed by atoms with van der Waals surface area (Å²) < 4.78 is 7.30. The summed E-state index contributed by atoms with van der Waals surface area (Å²) in [5.74, 6) is 0.435. The van der Waals surface area contributed by atoms with Crippen LogP contribution in [0.25, 0.3) is 10.9 Å². The highest BCUT2D eigenvalue weighted by atomic mass is 16.5. The zero-order chi connectivity index (χ0) is 20.1. The number of carbonyl (C=O) groups is 1. The number of fused-ring (bicyclic) bond motifs is 1. The first-order chi connectivity index (χ1) is 14.2. The van der Waals surface area contributed by atoms with Gasteiger partial charge < -0.3 is 9.30 Å². The molecule has 4 aromatic rings. The largest absolute Gasteiger partial charge is 0.497 e. The van der Waals surface area contributed by atoms with Crippen molar-refractivity contribution in [1.82, 2.24) is 9.99 Å². The third-order valence-corrected chi connectivity index (χ3v) is 4.74. The summed E-state index contributed by atoms with van der Waals surface area (Å²) in [5.41, 5.74) is 6.36. The summed E-state index contributed by atoms with van der Waals surface area (Å²) in [6, 6.07) is 27.4. The average molecular weight is 383 g/mol. The van der Waals surface area contributed by atoms with Crippen LogP contribution in [0.3, 0.4) is 0 Å². The number of methoxy groups -OCH3 is 1. The second-order valence-electron chi connectivity index (χ2n) is 6.63.